The Kier molecular flexibility index (Phi) is 4.19. The van der Waals surface area contributed by atoms with Gasteiger partial charge in [-0.1, -0.05) is 6.58 Å². The Hall–Kier alpha value is -0.440. The van der Waals surface area contributed by atoms with Crippen molar-refractivity contribution in [3.8, 4) is 0 Å². The van der Waals surface area contributed by atoms with Gasteiger partial charge < -0.3 is 4.74 Å². The summed E-state index contributed by atoms with van der Waals surface area (Å²) in [6, 6.07) is 0. The van der Waals surface area contributed by atoms with Gasteiger partial charge in [0.25, 0.3) is 0 Å². The van der Waals surface area contributed by atoms with E-state index in [1.54, 1.807) is 6.92 Å². The summed E-state index contributed by atoms with van der Waals surface area (Å²) < 4.78 is 4.83. The zero-order valence-corrected chi connectivity index (χ0v) is 7.10. The molecule has 2 unspecified atom stereocenters. The van der Waals surface area contributed by atoms with Crippen LogP contribution in [0, 0.1) is 0 Å². The fraction of sp³-hybridized carbons (Fsp3) is 0.571. The summed E-state index contributed by atoms with van der Waals surface area (Å²) in [4.78, 5) is 10.6. The van der Waals surface area contributed by atoms with E-state index < -0.39 is 5.97 Å². The number of ether oxygens (including phenoxy) is 1. The first kappa shape index (κ1) is 9.56. The van der Waals surface area contributed by atoms with Crippen molar-refractivity contribution in [1.29, 1.82) is 0 Å². The van der Waals surface area contributed by atoms with Crippen molar-refractivity contribution in [2.24, 2.45) is 0 Å². The average Bonchev–Trinajstić information content (AvgIpc) is 1.87. The lowest BCUT2D eigenvalue weighted by Crippen LogP contribution is -2.20. The van der Waals surface area contributed by atoms with Crippen molar-refractivity contribution in [3.63, 3.8) is 0 Å². The van der Waals surface area contributed by atoms with Crippen LogP contribution >= 0.6 is 12.6 Å². The maximum atomic E-state index is 10.6. The Morgan fingerprint density at radius 1 is 1.70 bits per heavy atom. The van der Waals surface area contributed by atoms with Crippen molar-refractivity contribution < 1.29 is 9.53 Å². The number of esters is 1. The third-order valence-corrected chi connectivity index (χ3v) is 1.57. The van der Waals surface area contributed by atoms with Gasteiger partial charge in [-0.25, -0.2) is 4.79 Å². The van der Waals surface area contributed by atoms with E-state index in [0.717, 1.165) is 6.08 Å². The minimum atomic E-state index is -0.395. The van der Waals surface area contributed by atoms with Gasteiger partial charge >= 0.3 is 5.97 Å². The third kappa shape index (κ3) is 3.56. The van der Waals surface area contributed by atoms with Gasteiger partial charge in [-0.3, -0.25) is 0 Å². The van der Waals surface area contributed by atoms with Gasteiger partial charge in [-0.15, -0.1) is 0 Å². The molecule has 0 aromatic rings. The second-order valence-corrected chi connectivity index (χ2v) is 2.90. The van der Waals surface area contributed by atoms with E-state index in [4.69, 9.17) is 4.74 Å². The lowest BCUT2D eigenvalue weighted by molar-refractivity contribution is -0.141. The van der Waals surface area contributed by atoms with Gasteiger partial charge in [0.2, 0.25) is 0 Å². The van der Waals surface area contributed by atoms with Crippen LogP contribution in [0.1, 0.15) is 13.8 Å². The quantitative estimate of drug-likeness (QED) is 0.384. The molecule has 3 heteroatoms. The van der Waals surface area contributed by atoms with Crippen molar-refractivity contribution in [2.45, 2.75) is 25.2 Å². The molecular formula is C7H12O2S. The number of carbonyl (C=O) groups is 1. The number of hydrogen-bond donors (Lipinski definition) is 1. The summed E-state index contributed by atoms with van der Waals surface area (Å²) >= 11 is 4.09. The molecule has 2 nitrogen and oxygen atoms in total. The number of hydrogen-bond acceptors (Lipinski definition) is 3. The minimum absolute atomic E-state index is 0.0592. The van der Waals surface area contributed by atoms with Crippen LogP contribution in [-0.2, 0) is 9.53 Å². The molecule has 0 heterocycles. The molecule has 0 radical (unpaired) electrons. The monoisotopic (exact) mass is 160 g/mol. The number of thiol groups is 1. The molecule has 0 saturated carbocycles. The van der Waals surface area contributed by atoms with Crippen molar-refractivity contribution >= 4 is 18.6 Å². The van der Waals surface area contributed by atoms with E-state index in [2.05, 4.69) is 19.2 Å². The predicted molar refractivity (Wildman–Crippen MR) is 44.2 cm³/mol. The SMILES string of the molecule is C=CC(=O)OC(C)C(C)S. The maximum absolute atomic E-state index is 10.6. The highest BCUT2D eigenvalue weighted by Gasteiger charge is 2.10. The Labute approximate surface area is 66.7 Å². The average molecular weight is 160 g/mol. The van der Waals surface area contributed by atoms with Gasteiger partial charge in [0.15, 0.2) is 0 Å². The molecule has 0 aliphatic heterocycles. The first-order valence-electron chi connectivity index (χ1n) is 3.09. The molecule has 2 atom stereocenters. The van der Waals surface area contributed by atoms with Gasteiger partial charge in [-0.2, -0.15) is 12.6 Å². The zero-order valence-electron chi connectivity index (χ0n) is 6.20. The minimum Gasteiger partial charge on any atom is -0.458 e. The Morgan fingerprint density at radius 2 is 2.20 bits per heavy atom. The van der Waals surface area contributed by atoms with Crippen LogP contribution in [-0.4, -0.2) is 17.3 Å². The van der Waals surface area contributed by atoms with E-state index in [-0.39, 0.29) is 11.4 Å². The highest BCUT2D eigenvalue weighted by Crippen LogP contribution is 2.04. The van der Waals surface area contributed by atoms with Crippen molar-refractivity contribution in [2.75, 3.05) is 0 Å². The smallest absolute Gasteiger partial charge is 0.330 e. The Morgan fingerprint density at radius 3 is 2.50 bits per heavy atom. The third-order valence-electron chi connectivity index (χ3n) is 1.15. The zero-order chi connectivity index (χ0) is 8.15. The van der Waals surface area contributed by atoms with Crippen LogP contribution in [0.4, 0.5) is 0 Å². The largest absolute Gasteiger partial charge is 0.458 e. The fourth-order valence-electron chi connectivity index (χ4n) is 0.330. The molecular weight excluding hydrogens is 148 g/mol. The molecule has 10 heavy (non-hydrogen) atoms. The molecule has 0 spiro atoms. The van der Waals surface area contributed by atoms with E-state index in [1.165, 1.54) is 0 Å². The summed E-state index contributed by atoms with van der Waals surface area (Å²) in [6.07, 6.45) is 0.987. The van der Waals surface area contributed by atoms with Crippen molar-refractivity contribution in [3.05, 3.63) is 12.7 Å². The molecule has 0 N–H and O–H groups in total. The Bertz CT molecular complexity index is 132. The highest BCUT2D eigenvalue weighted by molar-refractivity contribution is 7.81. The fourth-order valence-corrected chi connectivity index (χ4v) is 0.391. The van der Waals surface area contributed by atoms with Crippen LogP contribution in [0.5, 0.6) is 0 Å². The lowest BCUT2D eigenvalue weighted by Gasteiger charge is -2.13. The van der Waals surface area contributed by atoms with Crippen LogP contribution in [0.2, 0.25) is 0 Å². The van der Waals surface area contributed by atoms with Gasteiger partial charge in [0.05, 0.1) is 0 Å². The maximum Gasteiger partial charge on any atom is 0.330 e. The second kappa shape index (κ2) is 4.39. The van der Waals surface area contributed by atoms with E-state index in [9.17, 15) is 4.79 Å². The second-order valence-electron chi connectivity index (χ2n) is 2.09. The summed E-state index contributed by atoms with van der Waals surface area (Å²) in [5, 5.41) is 0.0592. The lowest BCUT2D eigenvalue weighted by atomic mass is 10.3. The number of rotatable bonds is 3. The molecule has 0 aromatic carbocycles. The van der Waals surface area contributed by atoms with Crippen molar-refractivity contribution in [1.82, 2.24) is 0 Å². The molecule has 0 saturated heterocycles. The van der Waals surface area contributed by atoms with E-state index >= 15 is 0 Å². The first-order chi connectivity index (χ1) is 4.57. The molecule has 0 aromatic heterocycles. The molecule has 0 aliphatic rings. The van der Waals surface area contributed by atoms with Crippen LogP contribution in [0.25, 0.3) is 0 Å². The van der Waals surface area contributed by atoms with E-state index in [1.807, 2.05) is 6.92 Å². The molecule has 0 rings (SSSR count). The van der Waals surface area contributed by atoms with Gasteiger partial charge in [-0.05, 0) is 13.8 Å². The summed E-state index contributed by atoms with van der Waals surface area (Å²) in [7, 11) is 0. The number of carbonyl (C=O) groups excluding carboxylic acids is 1. The molecule has 0 bridgehead atoms. The summed E-state index contributed by atoms with van der Waals surface area (Å²) in [5.41, 5.74) is 0. The molecule has 58 valence electrons. The van der Waals surface area contributed by atoms with Gasteiger partial charge in [0, 0.05) is 11.3 Å². The van der Waals surface area contributed by atoms with Crippen LogP contribution in [0.3, 0.4) is 0 Å². The normalized spacial score (nSPS) is 15.5. The molecule has 0 fully saturated rings. The van der Waals surface area contributed by atoms with Crippen LogP contribution < -0.4 is 0 Å². The summed E-state index contributed by atoms with van der Waals surface area (Å²) in [5.74, 6) is -0.395. The Balaban J connectivity index is 3.67. The topological polar surface area (TPSA) is 26.3 Å². The van der Waals surface area contributed by atoms with Crippen LogP contribution in [0.15, 0.2) is 12.7 Å². The summed E-state index contributed by atoms with van der Waals surface area (Å²) in [6.45, 7) is 6.93. The molecule has 0 amide bonds. The first-order valence-corrected chi connectivity index (χ1v) is 3.60. The standard InChI is InChI=1S/C7H12O2S/c1-4-7(8)9-5(2)6(3)10/h4-6,10H,1H2,2-3H3. The van der Waals surface area contributed by atoms with Gasteiger partial charge in [0.1, 0.15) is 6.10 Å². The highest BCUT2D eigenvalue weighted by atomic mass is 32.1. The predicted octanol–water partition coefficient (Wildman–Crippen LogP) is 1.42. The van der Waals surface area contributed by atoms with E-state index in [0.29, 0.717) is 0 Å². The molecule has 0 aliphatic carbocycles.